The number of aromatic nitrogens is 2. The number of hydrogen-bond acceptors (Lipinski definition) is 3. The number of ether oxygens (including phenoxy) is 1. The van der Waals surface area contributed by atoms with Gasteiger partial charge in [0.05, 0.1) is 5.69 Å². The highest BCUT2D eigenvalue weighted by Gasteiger charge is 2.14. The van der Waals surface area contributed by atoms with Gasteiger partial charge >= 0.3 is 0 Å². The molecule has 2 aromatic rings. The Kier molecular flexibility index (Phi) is 3.18. The number of nitrogen functional groups attached to an aromatic ring is 1. The predicted molar refractivity (Wildman–Crippen MR) is 63.4 cm³/mol. The van der Waals surface area contributed by atoms with Crippen molar-refractivity contribution in [1.29, 1.82) is 0 Å². The minimum Gasteiger partial charge on any atom is -0.437 e. The second-order valence-electron chi connectivity index (χ2n) is 3.85. The van der Waals surface area contributed by atoms with E-state index in [1.807, 2.05) is 6.92 Å². The first-order valence-corrected chi connectivity index (χ1v) is 5.46. The van der Waals surface area contributed by atoms with Gasteiger partial charge in [0.25, 0.3) is 0 Å². The maximum absolute atomic E-state index is 13.0. The van der Waals surface area contributed by atoms with E-state index in [4.69, 9.17) is 10.5 Å². The minimum atomic E-state index is -0.707. The minimum absolute atomic E-state index is 0.0462. The van der Waals surface area contributed by atoms with Crippen molar-refractivity contribution in [2.45, 2.75) is 13.3 Å². The van der Waals surface area contributed by atoms with Gasteiger partial charge in [-0.25, -0.2) is 13.5 Å². The molecule has 0 unspecified atom stereocenters. The van der Waals surface area contributed by atoms with Gasteiger partial charge in [-0.3, -0.25) is 0 Å². The van der Waals surface area contributed by atoms with Crippen molar-refractivity contribution in [3.8, 4) is 11.6 Å². The van der Waals surface area contributed by atoms with Crippen molar-refractivity contribution < 1.29 is 13.5 Å². The molecule has 2 rings (SSSR count). The number of hydrogen-bond donors (Lipinski definition) is 1. The lowest BCUT2D eigenvalue weighted by Gasteiger charge is -2.06. The Morgan fingerprint density at radius 1 is 1.28 bits per heavy atom. The first-order chi connectivity index (χ1) is 8.51. The summed E-state index contributed by atoms with van der Waals surface area (Å²) in [5.74, 6) is -1.09. The third-order valence-corrected chi connectivity index (χ3v) is 2.49. The molecule has 0 amide bonds. The van der Waals surface area contributed by atoms with Crippen LogP contribution in [0, 0.1) is 11.6 Å². The number of rotatable bonds is 3. The molecule has 0 atom stereocenters. The summed E-state index contributed by atoms with van der Waals surface area (Å²) in [6, 6.07) is 2.94. The highest BCUT2D eigenvalue weighted by molar-refractivity contribution is 5.54. The van der Waals surface area contributed by atoms with Crippen LogP contribution in [-0.2, 0) is 13.5 Å². The van der Waals surface area contributed by atoms with Gasteiger partial charge in [0.2, 0.25) is 5.88 Å². The van der Waals surface area contributed by atoms with Crippen molar-refractivity contribution >= 4 is 5.69 Å². The molecule has 0 radical (unpaired) electrons. The van der Waals surface area contributed by atoms with Gasteiger partial charge in [0.15, 0.2) is 0 Å². The molecule has 0 saturated carbocycles. The number of aryl methyl sites for hydroxylation is 2. The van der Waals surface area contributed by atoms with Crippen molar-refractivity contribution in [2.75, 3.05) is 5.73 Å². The summed E-state index contributed by atoms with van der Waals surface area (Å²) in [6.07, 6.45) is 0.653. The third kappa shape index (κ3) is 2.27. The van der Waals surface area contributed by atoms with E-state index in [1.54, 1.807) is 7.05 Å². The zero-order valence-electron chi connectivity index (χ0n) is 10.1. The zero-order chi connectivity index (χ0) is 13.3. The van der Waals surface area contributed by atoms with Crippen LogP contribution in [0.2, 0.25) is 0 Å². The van der Waals surface area contributed by atoms with Gasteiger partial charge in [-0.2, -0.15) is 5.10 Å². The molecule has 96 valence electrons. The lowest BCUT2D eigenvalue weighted by Crippen LogP contribution is -1.97. The fourth-order valence-electron chi connectivity index (χ4n) is 1.66. The van der Waals surface area contributed by atoms with Gasteiger partial charge in [-0.05, 0) is 6.42 Å². The smallest absolute Gasteiger partial charge is 0.241 e. The van der Waals surface area contributed by atoms with E-state index in [-0.39, 0.29) is 11.6 Å². The Bertz CT molecular complexity index is 561. The molecule has 6 heteroatoms. The number of nitrogens with two attached hydrogens (primary N) is 1. The van der Waals surface area contributed by atoms with Gasteiger partial charge in [-0.1, -0.05) is 6.92 Å². The molecule has 0 spiro atoms. The molecule has 18 heavy (non-hydrogen) atoms. The standard InChI is InChI=1S/C12H13F2N3O/c1-3-10-11(15)12(17(2)16-10)18-9-5-7(13)4-8(14)6-9/h4-6H,3,15H2,1-2H3. The average Bonchev–Trinajstić information content (AvgIpc) is 2.55. The van der Waals surface area contributed by atoms with Crippen LogP contribution in [0.15, 0.2) is 18.2 Å². The molecule has 0 aliphatic carbocycles. The van der Waals surface area contributed by atoms with Gasteiger partial charge in [-0.15, -0.1) is 0 Å². The largest absolute Gasteiger partial charge is 0.437 e. The Hall–Kier alpha value is -2.11. The van der Waals surface area contributed by atoms with E-state index in [9.17, 15) is 8.78 Å². The molecule has 0 aliphatic heterocycles. The normalized spacial score (nSPS) is 10.7. The number of halogens is 2. The van der Waals surface area contributed by atoms with Crippen LogP contribution in [0.4, 0.5) is 14.5 Å². The Labute approximate surface area is 103 Å². The monoisotopic (exact) mass is 253 g/mol. The second kappa shape index (κ2) is 4.64. The summed E-state index contributed by atoms with van der Waals surface area (Å²) in [4.78, 5) is 0. The lowest BCUT2D eigenvalue weighted by atomic mass is 10.3. The predicted octanol–water partition coefficient (Wildman–Crippen LogP) is 2.64. The van der Waals surface area contributed by atoms with Crippen molar-refractivity contribution in [3.05, 3.63) is 35.5 Å². The summed E-state index contributed by atoms with van der Waals surface area (Å²) in [6.45, 7) is 1.91. The van der Waals surface area contributed by atoms with Crippen LogP contribution < -0.4 is 10.5 Å². The van der Waals surface area contributed by atoms with E-state index >= 15 is 0 Å². The van der Waals surface area contributed by atoms with Crippen LogP contribution in [0.1, 0.15) is 12.6 Å². The zero-order valence-corrected chi connectivity index (χ0v) is 10.1. The summed E-state index contributed by atoms with van der Waals surface area (Å²) >= 11 is 0. The van der Waals surface area contributed by atoms with E-state index < -0.39 is 11.6 Å². The van der Waals surface area contributed by atoms with Crippen LogP contribution in [0.3, 0.4) is 0 Å². The van der Waals surface area contributed by atoms with Gasteiger partial charge < -0.3 is 10.5 Å². The number of benzene rings is 1. The molecule has 0 fully saturated rings. The molecular formula is C12H13F2N3O. The van der Waals surface area contributed by atoms with E-state index in [0.29, 0.717) is 17.8 Å². The first-order valence-electron chi connectivity index (χ1n) is 5.46. The van der Waals surface area contributed by atoms with Gasteiger partial charge in [0.1, 0.15) is 23.1 Å². The summed E-state index contributed by atoms with van der Waals surface area (Å²) in [7, 11) is 1.65. The molecule has 4 nitrogen and oxygen atoms in total. The molecule has 0 aliphatic rings. The fourth-order valence-corrected chi connectivity index (χ4v) is 1.66. The molecule has 1 heterocycles. The summed E-state index contributed by atoms with van der Waals surface area (Å²) in [5.41, 5.74) is 6.91. The van der Waals surface area contributed by atoms with Crippen LogP contribution in [0.5, 0.6) is 11.6 Å². The van der Waals surface area contributed by atoms with Crippen LogP contribution in [0.25, 0.3) is 0 Å². The number of anilines is 1. The van der Waals surface area contributed by atoms with Crippen molar-refractivity contribution in [2.24, 2.45) is 7.05 Å². The Balaban J connectivity index is 2.36. The topological polar surface area (TPSA) is 53.1 Å². The second-order valence-corrected chi connectivity index (χ2v) is 3.85. The highest BCUT2D eigenvalue weighted by atomic mass is 19.1. The van der Waals surface area contributed by atoms with Crippen molar-refractivity contribution in [1.82, 2.24) is 9.78 Å². The van der Waals surface area contributed by atoms with Gasteiger partial charge in [0, 0.05) is 25.2 Å². The molecular weight excluding hydrogens is 240 g/mol. The van der Waals surface area contributed by atoms with E-state index in [2.05, 4.69) is 5.10 Å². The Morgan fingerprint density at radius 3 is 2.39 bits per heavy atom. The molecule has 1 aromatic carbocycles. The van der Waals surface area contributed by atoms with Crippen molar-refractivity contribution in [3.63, 3.8) is 0 Å². The quantitative estimate of drug-likeness (QED) is 0.914. The fraction of sp³-hybridized carbons (Fsp3) is 0.250. The SMILES string of the molecule is CCc1nn(C)c(Oc2cc(F)cc(F)c2)c1N. The number of nitrogens with zero attached hydrogens (tertiary/aromatic N) is 2. The first kappa shape index (κ1) is 12.3. The lowest BCUT2D eigenvalue weighted by molar-refractivity contribution is 0.424. The maximum atomic E-state index is 13.0. The summed E-state index contributed by atoms with van der Waals surface area (Å²) in [5, 5.41) is 4.15. The third-order valence-electron chi connectivity index (χ3n) is 2.49. The summed E-state index contributed by atoms with van der Waals surface area (Å²) < 4.78 is 32.9. The van der Waals surface area contributed by atoms with Crippen LogP contribution >= 0.6 is 0 Å². The van der Waals surface area contributed by atoms with E-state index in [1.165, 1.54) is 4.68 Å². The molecule has 2 N–H and O–H groups in total. The molecule has 0 bridgehead atoms. The average molecular weight is 253 g/mol. The molecule has 0 saturated heterocycles. The maximum Gasteiger partial charge on any atom is 0.241 e. The van der Waals surface area contributed by atoms with E-state index in [0.717, 1.165) is 18.2 Å². The highest BCUT2D eigenvalue weighted by Crippen LogP contribution is 2.30. The Morgan fingerprint density at radius 2 is 1.89 bits per heavy atom. The molecule has 1 aromatic heterocycles. The van der Waals surface area contributed by atoms with Crippen LogP contribution in [-0.4, -0.2) is 9.78 Å².